The quantitative estimate of drug-likeness (QED) is 0.875. The molecule has 18 heavy (non-hydrogen) atoms. The van der Waals surface area contributed by atoms with Gasteiger partial charge in [0.1, 0.15) is 0 Å². The van der Waals surface area contributed by atoms with E-state index in [1.54, 1.807) is 11.3 Å². The highest BCUT2D eigenvalue weighted by atomic mass is 32.1. The van der Waals surface area contributed by atoms with Crippen LogP contribution in [0.5, 0.6) is 0 Å². The average molecular weight is 267 g/mol. The first kappa shape index (κ1) is 14.0. The topological polar surface area (TPSA) is 46.2 Å². The zero-order chi connectivity index (χ0) is 13.2. The summed E-state index contributed by atoms with van der Waals surface area (Å²) in [7, 11) is 0. The minimum atomic E-state index is -0.379. The minimum Gasteiger partial charge on any atom is -0.387 e. The third-order valence-corrected chi connectivity index (χ3v) is 5.63. The summed E-state index contributed by atoms with van der Waals surface area (Å²) in [5.41, 5.74) is 5.96. The van der Waals surface area contributed by atoms with Crippen LogP contribution in [-0.2, 0) is 0 Å². The maximum Gasteiger partial charge on any atom is 0.0950 e. The van der Waals surface area contributed by atoms with Crippen molar-refractivity contribution in [3.05, 3.63) is 21.9 Å². The highest BCUT2D eigenvalue weighted by Crippen LogP contribution is 2.49. The molecule has 1 heterocycles. The zero-order valence-electron chi connectivity index (χ0n) is 11.5. The number of aliphatic hydroxyl groups excluding tert-OH is 1. The van der Waals surface area contributed by atoms with Crippen LogP contribution in [0.15, 0.2) is 12.1 Å². The Kier molecular flexibility index (Phi) is 4.46. The second kappa shape index (κ2) is 5.72. The molecule has 0 aliphatic heterocycles. The molecule has 3 heteroatoms. The predicted molar refractivity (Wildman–Crippen MR) is 77.8 cm³/mol. The summed E-state index contributed by atoms with van der Waals surface area (Å²) >= 11 is 1.71. The van der Waals surface area contributed by atoms with Crippen LogP contribution in [0.3, 0.4) is 0 Å². The molecular weight excluding hydrogens is 242 g/mol. The maximum absolute atomic E-state index is 10.8. The van der Waals surface area contributed by atoms with Gasteiger partial charge in [-0.25, -0.2) is 0 Å². The molecule has 0 spiro atoms. The van der Waals surface area contributed by atoms with Crippen molar-refractivity contribution in [3.8, 4) is 0 Å². The number of thiophene rings is 1. The highest BCUT2D eigenvalue weighted by Gasteiger charge is 2.41. The molecule has 3 N–H and O–H groups in total. The molecule has 0 aromatic carbocycles. The van der Waals surface area contributed by atoms with E-state index >= 15 is 0 Å². The van der Waals surface area contributed by atoms with Gasteiger partial charge in [-0.1, -0.05) is 26.2 Å². The van der Waals surface area contributed by atoms with E-state index in [1.807, 2.05) is 0 Å². The van der Waals surface area contributed by atoms with Gasteiger partial charge in [0.2, 0.25) is 0 Å². The van der Waals surface area contributed by atoms with E-state index in [2.05, 4.69) is 26.0 Å². The van der Waals surface area contributed by atoms with E-state index in [4.69, 9.17) is 5.73 Å². The number of rotatable bonds is 4. The van der Waals surface area contributed by atoms with Crippen LogP contribution in [-0.4, -0.2) is 11.7 Å². The van der Waals surface area contributed by atoms with Crippen molar-refractivity contribution >= 4 is 11.3 Å². The van der Waals surface area contributed by atoms with E-state index in [0.717, 1.165) is 23.6 Å². The van der Waals surface area contributed by atoms with Crippen molar-refractivity contribution in [2.75, 3.05) is 6.54 Å². The molecule has 2 rings (SSSR count). The van der Waals surface area contributed by atoms with E-state index in [9.17, 15) is 5.11 Å². The van der Waals surface area contributed by atoms with Crippen LogP contribution in [0.4, 0.5) is 0 Å². The molecule has 0 amide bonds. The number of nitrogens with two attached hydrogens (primary N) is 1. The van der Waals surface area contributed by atoms with Crippen LogP contribution in [0.25, 0.3) is 0 Å². The molecule has 1 saturated carbocycles. The molecule has 2 nitrogen and oxygen atoms in total. The van der Waals surface area contributed by atoms with Crippen molar-refractivity contribution in [1.29, 1.82) is 0 Å². The second-order valence-electron chi connectivity index (χ2n) is 5.79. The van der Waals surface area contributed by atoms with Crippen molar-refractivity contribution < 1.29 is 5.11 Å². The molecule has 1 fully saturated rings. The molecule has 1 aromatic rings. The zero-order valence-corrected chi connectivity index (χ0v) is 12.3. The van der Waals surface area contributed by atoms with E-state index < -0.39 is 0 Å². The van der Waals surface area contributed by atoms with Gasteiger partial charge in [-0.3, -0.25) is 0 Å². The predicted octanol–water partition coefficient (Wildman–Crippen LogP) is 3.64. The molecule has 0 radical (unpaired) electrons. The Hall–Kier alpha value is -0.380. The average Bonchev–Trinajstić information content (AvgIpc) is 2.84. The third-order valence-electron chi connectivity index (χ3n) is 4.58. The van der Waals surface area contributed by atoms with Crippen molar-refractivity contribution in [2.45, 2.75) is 52.1 Å². The van der Waals surface area contributed by atoms with Gasteiger partial charge in [-0.05, 0) is 37.8 Å². The van der Waals surface area contributed by atoms with Gasteiger partial charge in [0.25, 0.3) is 0 Å². The summed E-state index contributed by atoms with van der Waals surface area (Å²) in [6.07, 6.45) is 5.48. The molecule has 0 saturated heterocycles. The minimum absolute atomic E-state index is 0.0871. The molecule has 1 aliphatic carbocycles. The number of aliphatic hydroxyl groups is 1. The summed E-state index contributed by atoms with van der Waals surface area (Å²) in [4.78, 5) is 2.36. The standard InChI is InChI=1S/C15H25NOS/c1-3-12-5-4-8-15(9-12,10-16)14(17)13-7-6-11(2)18-13/h6-7,12,14,17H,3-5,8-10,16H2,1-2H3. The second-order valence-corrected chi connectivity index (χ2v) is 7.11. The summed E-state index contributed by atoms with van der Waals surface area (Å²) in [5.74, 6) is 0.734. The van der Waals surface area contributed by atoms with Crippen LogP contribution < -0.4 is 5.73 Å². The first-order chi connectivity index (χ1) is 8.61. The van der Waals surface area contributed by atoms with Gasteiger partial charge in [0.05, 0.1) is 6.10 Å². The molecule has 1 aromatic heterocycles. The number of hydrogen-bond donors (Lipinski definition) is 2. The Morgan fingerprint density at radius 2 is 2.33 bits per heavy atom. The van der Waals surface area contributed by atoms with E-state index in [1.165, 1.54) is 24.1 Å². The van der Waals surface area contributed by atoms with Gasteiger partial charge >= 0.3 is 0 Å². The van der Waals surface area contributed by atoms with Gasteiger partial charge in [-0.2, -0.15) is 0 Å². The normalized spacial score (nSPS) is 30.3. The SMILES string of the molecule is CCC1CCCC(CN)(C(O)c2ccc(C)s2)C1. The van der Waals surface area contributed by atoms with Crippen molar-refractivity contribution in [2.24, 2.45) is 17.1 Å². The van der Waals surface area contributed by atoms with E-state index in [-0.39, 0.29) is 11.5 Å². The Balaban J connectivity index is 2.20. The first-order valence-electron chi connectivity index (χ1n) is 7.06. The van der Waals surface area contributed by atoms with Gasteiger partial charge < -0.3 is 10.8 Å². The van der Waals surface area contributed by atoms with Gasteiger partial charge in [-0.15, -0.1) is 11.3 Å². The smallest absolute Gasteiger partial charge is 0.0950 e. The lowest BCUT2D eigenvalue weighted by molar-refractivity contribution is -0.0140. The summed E-state index contributed by atoms with van der Waals surface area (Å²) in [6.45, 7) is 4.94. The lowest BCUT2D eigenvalue weighted by Gasteiger charge is -2.43. The molecule has 1 aliphatic rings. The largest absolute Gasteiger partial charge is 0.387 e. The first-order valence-corrected chi connectivity index (χ1v) is 7.87. The molecule has 102 valence electrons. The van der Waals surface area contributed by atoms with Crippen molar-refractivity contribution in [1.82, 2.24) is 0 Å². The lowest BCUT2D eigenvalue weighted by Crippen LogP contribution is -2.40. The maximum atomic E-state index is 10.8. The Bertz CT molecular complexity index is 390. The highest BCUT2D eigenvalue weighted by molar-refractivity contribution is 7.12. The molecule has 3 unspecified atom stereocenters. The van der Waals surface area contributed by atoms with Crippen LogP contribution in [0.1, 0.15) is 54.9 Å². The fourth-order valence-corrected chi connectivity index (χ4v) is 4.32. The Labute approximate surface area is 114 Å². The monoisotopic (exact) mass is 267 g/mol. The van der Waals surface area contributed by atoms with Gasteiger partial charge in [0.15, 0.2) is 0 Å². The fourth-order valence-electron chi connectivity index (χ4n) is 3.32. The van der Waals surface area contributed by atoms with Crippen molar-refractivity contribution in [3.63, 3.8) is 0 Å². The van der Waals surface area contributed by atoms with Crippen LogP contribution in [0, 0.1) is 18.3 Å². The number of aryl methyl sites for hydroxylation is 1. The molecular formula is C15H25NOS. The summed E-state index contributed by atoms with van der Waals surface area (Å²) in [6, 6.07) is 4.16. The fraction of sp³-hybridized carbons (Fsp3) is 0.733. The van der Waals surface area contributed by atoms with Crippen LogP contribution >= 0.6 is 11.3 Å². The summed E-state index contributed by atoms with van der Waals surface area (Å²) in [5, 5.41) is 10.8. The Morgan fingerprint density at radius 1 is 1.56 bits per heavy atom. The summed E-state index contributed by atoms with van der Waals surface area (Å²) < 4.78 is 0. The number of hydrogen-bond acceptors (Lipinski definition) is 3. The third kappa shape index (κ3) is 2.63. The van der Waals surface area contributed by atoms with Crippen LogP contribution in [0.2, 0.25) is 0 Å². The van der Waals surface area contributed by atoms with Gasteiger partial charge in [0, 0.05) is 21.7 Å². The Morgan fingerprint density at radius 3 is 2.89 bits per heavy atom. The van der Waals surface area contributed by atoms with E-state index in [0.29, 0.717) is 6.54 Å². The lowest BCUT2D eigenvalue weighted by atomic mass is 9.65. The molecule has 0 bridgehead atoms. The molecule has 3 atom stereocenters.